The number of aromatic nitrogens is 3. The minimum absolute atomic E-state index is 0.428. The van der Waals surface area contributed by atoms with E-state index in [4.69, 9.17) is 0 Å². The number of guanidine groups is 1. The maximum Gasteiger partial charge on any atom is 0.191 e. The molecule has 0 spiro atoms. The lowest BCUT2D eigenvalue weighted by molar-refractivity contribution is 0.459. The summed E-state index contributed by atoms with van der Waals surface area (Å²) in [4.78, 5) is 11.2. The van der Waals surface area contributed by atoms with Crippen molar-refractivity contribution in [2.24, 2.45) is 12.0 Å². The molecular weight excluding hydrogens is 326 g/mol. The lowest BCUT2D eigenvalue weighted by Crippen LogP contribution is -2.48. The summed E-state index contributed by atoms with van der Waals surface area (Å²) in [6.07, 6.45) is 4.00. The van der Waals surface area contributed by atoms with E-state index in [1.165, 1.54) is 11.3 Å². The Bertz CT molecular complexity index is 743. The van der Waals surface area contributed by atoms with E-state index in [1.807, 2.05) is 44.0 Å². The molecule has 0 aromatic carbocycles. The van der Waals surface area contributed by atoms with Crippen molar-refractivity contribution in [2.45, 2.75) is 39.3 Å². The molecule has 0 bridgehead atoms. The van der Waals surface area contributed by atoms with Crippen LogP contribution in [-0.4, -0.2) is 46.9 Å². The van der Waals surface area contributed by atoms with Gasteiger partial charge in [0.1, 0.15) is 5.82 Å². The van der Waals surface area contributed by atoms with Gasteiger partial charge < -0.3 is 15.5 Å². The number of piperidine rings is 1. The molecule has 0 radical (unpaired) electrons. The molecule has 0 unspecified atom stereocenters. The summed E-state index contributed by atoms with van der Waals surface area (Å²) in [5, 5.41) is 11.5. The predicted molar refractivity (Wildman–Crippen MR) is 105 cm³/mol. The van der Waals surface area contributed by atoms with E-state index in [9.17, 15) is 0 Å². The third-order valence-corrected chi connectivity index (χ3v) is 5.12. The first-order valence-corrected chi connectivity index (χ1v) is 9.20. The monoisotopic (exact) mass is 355 g/mol. The van der Waals surface area contributed by atoms with Crippen LogP contribution in [0.1, 0.15) is 29.8 Å². The minimum atomic E-state index is 0.428. The van der Waals surface area contributed by atoms with Crippen LogP contribution in [0, 0.1) is 13.8 Å². The average molecular weight is 355 g/mol. The first kappa shape index (κ1) is 18.2. The molecule has 1 saturated heterocycles. The van der Waals surface area contributed by atoms with Gasteiger partial charge in [-0.25, -0.2) is 4.98 Å². The number of aliphatic imine (C=N–C) groups is 1. The van der Waals surface area contributed by atoms with Crippen LogP contribution in [0.4, 0.5) is 5.82 Å². The molecule has 26 heavy (non-hydrogen) atoms. The number of nitrogens with zero attached hydrogens (tertiary/aromatic N) is 5. The van der Waals surface area contributed by atoms with Crippen molar-refractivity contribution < 1.29 is 0 Å². The molecule has 1 aliphatic rings. The standard InChI is InChI=1S/C19H29N7/c1-14-17(15(2)25(4)24-14)13-22-19(20-3)23-16-8-11-26(12-9-16)18-7-5-6-10-21-18/h5-7,10,16H,8-9,11-13H2,1-4H3,(H2,20,22,23). The SMILES string of the molecule is CN=C(NCc1c(C)nn(C)c1C)NC1CCN(c2ccccn2)CC1. The highest BCUT2D eigenvalue weighted by molar-refractivity contribution is 5.80. The molecule has 0 atom stereocenters. The van der Waals surface area contributed by atoms with Crippen LogP contribution in [-0.2, 0) is 13.6 Å². The molecule has 140 valence electrons. The Morgan fingerprint density at radius 2 is 2.04 bits per heavy atom. The molecule has 7 nitrogen and oxygen atoms in total. The van der Waals surface area contributed by atoms with Crippen LogP contribution in [0.3, 0.4) is 0 Å². The van der Waals surface area contributed by atoms with E-state index in [1.54, 1.807) is 0 Å². The lowest BCUT2D eigenvalue weighted by atomic mass is 10.1. The Morgan fingerprint density at radius 1 is 1.27 bits per heavy atom. The number of hydrogen-bond acceptors (Lipinski definition) is 4. The van der Waals surface area contributed by atoms with Crippen molar-refractivity contribution in [1.82, 2.24) is 25.4 Å². The van der Waals surface area contributed by atoms with Gasteiger partial charge in [-0.1, -0.05) is 6.07 Å². The van der Waals surface area contributed by atoms with Gasteiger partial charge in [-0.2, -0.15) is 5.10 Å². The van der Waals surface area contributed by atoms with E-state index < -0.39 is 0 Å². The smallest absolute Gasteiger partial charge is 0.191 e. The molecule has 1 aliphatic heterocycles. The molecular formula is C19H29N7. The lowest BCUT2D eigenvalue weighted by Gasteiger charge is -2.33. The highest BCUT2D eigenvalue weighted by Crippen LogP contribution is 2.17. The Morgan fingerprint density at radius 3 is 2.62 bits per heavy atom. The quantitative estimate of drug-likeness (QED) is 0.646. The van der Waals surface area contributed by atoms with Crippen LogP contribution >= 0.6 is 0 Å². The summed E-state index contributed by atoms with van der Waals surface area (Å²) >= 11 is 0. The number of pyridine rings is 1. The zero-order valence-electron chi connectivity index (χ0n) is 16.2. The molecule has 3 heterocycles. The largest absolute Gasteiger partial charge is 0.356 e. The van der Waals surface area contributed by atoms with Crippen LogP contribution in [0.25, 0.3) is 0 Å². The van der Waals surface area contributed by atoms with E-state index >= 15 is 0 Å². The van der Waals surface area contributed by atoms with Gasteiger partial charge in [0.2, 0.25) is 0 Å². The molecule has 0 saturated carbocycles. The fourth-order valence-corrected chi connectivity index (χ4v) is 3.43. The molecule has 2 aromatic rings. The second-order valence-corrected chi connectivity index (χ2v) is 6.79. The summed E-state index contributed by atoms with van der Waals surface area (Å²) in [7, 11) is 3.80. The second kappa shape index (κ2) is 8.21. The van der Waals surface area contributed by atoms with E-state index in [2.05, 4.69) is 43.6 Å². The molecule has 1 fully saturated rings. The Labute approximate surface area is 155 Å². The van der Waals surface area contributed by atoms with Gasteiger partial charge in [0.05, 0.1) is 5.69 Å². The van der Waals surface area contributed by atoms with E-state index in [0.29, 0.717) is 6.04 Å². The number of anilines is 1. The molecule has 2 N–H and O–H groups in total. The van der Waals surface area contributed by atoms with Gasteiger partial charge >= 0.3 is 0 Å². The zero-order chi connectivity index (χ0) is 18.5. The fraction of sp³-hybridized carbons (Fsp3) is 0.526. The van der Waals surface area contributed by atoms with Gasteiger partial charge in [-0.05, 0) is 38.8 Å². The zero-order valence-corrected chi connectivity index (χ0v) is 16.2. The normalized spacial score (nSPS) is 16.0. The Hall–Kier alpha value is -2.57. The molecule has 2 aromatic heterocycles. The van der Waals surface area contributed by atoms with Crippen molar-refractivity contribution in [3.63, 3.8) is 0 Å². The third-order valence-electron chi connectivity index (χ3n) is 5.12. The van der Waals surface area contributed by atoms with Crippen LogP contribution in [0.5, 0.6) is 0 Å². The third kappa shape index (κ3) is 4.15. The fourth-order valence-electron chi connectivity index (χ4n) is 3.43. The van der Waals surface area contributed by atoms with Crippen LogP contribution < -0.4 is 15.5 Å². The number of hydrogen-bond donors (Lipinski definition) is 2. The van der Waals surface area contributed by atoms with Crippen molar-refractivity contribution >= 4 is 11.8 Å². The molecule has 7 heteroatoms. The van der Waals surface area contributed by atoms with Gasteiger partial charge in [0.25, 0.3) is 0 Å². The van der Waals surface area contributed by atoms with Crippen molar-refractivity contribution in [1.29, 1.82) is 0 Å². The molecule has 0 aliphatic carbocycles. The van der Waals surface area contributed by atoms with Gasteiger partial charge in [-0.3, -0.25) is 9.67 Å². The first-order valence-electron chi connectivity index (χ1n) is 9.20. The highest BCUT2D eigenvalue weighted by atomic mass is 15.3. The van der Waals surface area contributed by atoms with Crippen LogP contribution in [0.2, 0.25) is 0 Å². The first-order chi connectivity index (χ1) is 12.6. The highest BCUT2D eigenvalue weighted by Gasteiger charge is 2.21. The molecule has 0 amide bonds. The summed E-state index contributed by atoms with van der Waals surface area (Å²) in [6, 6.07) is 6.50. The van der Waals surface area contributed by atoms with Crippen molar-refractivity contribution in [3.05, 3.63) is 41.3 Å². The number of nitrogens with one attached hydrogen (secondary N) is 2. The maximum atomic E-state index is 4.47. The van der Waals surface area contributed by atoms with Gasteiger partial charge in [0, 0.05) is 57.2 Å². The topological polar surface area (TPSA) is 70.4 Å². The Balaban J connectivity index is 1.50. The van der Waals surface area contributed by atoms with E-state index in [0.717, 1.165) is 49.9 Å². The summed E-state index contributed by atoms with van der Waals surface area (Å²) in [5.41, 5.74) is 3.49. The number of aryl methyl sites for hydroxylation is 2. The summed E-state index contributed by atoms with van der Waals surface area (Å²) in [5.74, 6) is 1.92. The average Bonchev–Trinajstić information content (AvgIpc) is 2.91. The van der Waals surface area contributed by atoms with Crippen LogP contribution in [0.15, 0.2) is 29.4 Å². The second-order valence-electron chi connectivity index (χ2n) is 6.79. The van der Waals surface area contributed by atoms with Gasteiger partial charge in [-0.15, -0.1) is 0 Å². The maximum absolute atomic E-state index is 4.47. The van der Waals surface area contributed by atoms with E-state index in [-0.39, 0.29) is 0 Å². The summed E-state index contributed by atoms with van der Waals surface area (Å²) < 4.78 is 1.93. The van der Waals surface area contributed by atoms with Crippen molar-refractivity contribution in [3.8, 4) is 0 Å². The molecule has 3 rings (SSSR count). The Kier molecular flexibility index (Phi) is 5.75. The number of rotatable bonds is 4. The predicted octanol–water partition coefficient (Wildman–Crippen LogP) is 1.77. The van der Waals surface area contributed by atoms with Gasteiger partial charge in [0.15, 0.2) is 5.96 Å². The minimum Gasteiger partial charge on any atom is -0.356 e. The summed E-state index contributed by atoms with van der Waals surface area (Å²) in [6.45, 7) is 6.89. The van der Waals surface area contributed by atoms with Crippen molar-refractivity contribution in [2.75, 3.05) is 25.0 Å².